The van der Waals surface area contributed by atoms with Crippen LogP contribution >= 0.6 is 35.3 Å². The molecule has 2 saturated heterocycles. The minimum Gasteiger partial charge on any atom is -0.495 e. The van der Waals surface area contributed by atoms with Crippen LogP contribution in [0.1, 0.15) is 17.7 Å². The molecule has 2 aromatic rings. The van der Waals surface area contributed by atoms with E-state index in [9.17, 15) is 0 Å². The number of guanidine groups is 1. The summed E-state index contributed by atoms with van der Waals surface area (Å²) >= 11 is 1.87. The summed E-state index contributed by atoms with van der Waals surface area (Å²) in [5.41, 5.74) is 1.18. The molecule has 2 aliphatic heterocycles. The van der Waals surface area contributed by atoms with Crippen LogP contribution in [-0.2, 0) is 6.54 Å². The quantitative estimate of drug-likeness (QED) is 0.324. The van der Waals surface area contributed by atoms with Crippen LogP contribution in [0.15, 0.2) is 46.8 Å². The first-order valence-corrected chi connectivity index (χ1v) is 12.2. The first kappa shape index (κ1) is 25.1. The fraction of sp³-hybridized carbons (Fsp3) is 0.542. The lowest BCUT2D eigenvalue weighted by atomic mass is 9.97. The van der Waals surface area contributed by atoms with Gasteiger partial charge in [0.1, 0.15) is 5.75 Å². The Kier molecular flexibility index (Phi) is 9.92. The molecule has 1 N–H and O–H groups in total. The number of ether oxygens (including phenoxy) is 1. The number of para-hydroxylation sites is 2. The Morgan fingerprint density at radius 3 is 2.47 bits per heavy atom. The number of rotatable bonds is 6. The maximum atomic E-state index is 5.54. The van der Waals surface area contributed by atoms with Crippen LogP contribution in [0.5, 0.6) is 5.75 Å². The fourth-order valence-corrected chi connectivity index (χ4v) is 5.34. The number of hydrogen-bond donors (Lipinski definition) is 1. The molecule has 3 heterocycles. The van der Waals surface area contributed by atoms with Crippen molar-refractivity contribution in [2.45, 2.75) is 19.4 Å². The van der Waals surface area contributed by atoms with Gasteiger partial charge in [0.05, 0.1) is 12.8 Å². The topological polar surface area (TPSA) is 43.3 Å². The van der Waals surface area contributed by atoms with E-state index in [2.05, 4.69) is 54.7 Å². The van der Waals surface area contributed by atoms with E-state index >= 15 is 0 Å². The highest BCUT2D eigenvalue weighted by molar-refractivity contribution is 14.0. The lowest BCUT2D eigenvalue weighted by Gasteiger charge is -2.38. The number of hydrogen-bond acceptors (Lipinski definition) is 5. The lowest BCUT2D eigenvalue weighted by Crippen LogP contribution is -2.53. The van der Waals surface area contributed by atoms with Crippen LogP contribution in [0.4, 0.5) is 5.69 Å². The number of thiophene rings is 1. The maximum absolute atomic E-state index is 5.54. The van der Waals surface area contributed by atoms with Crippen molar-refractivity contribution < 1.29 is 4.74 Å². The standard InChI is InChI=1S/C24H35N5OS.HI/c1-25-24(26-18-20-9-11-27(12-10-20)19-21-6-5-17-31-21)29-15-13-28(14-16-29)22-7-3-4-8-23(22)30-2;/h3-8,17,20H,9-16,18-19H2,1-2H3,(H,25,26);1H. The zero-order valence-electron chi connectivity index (χ0n) is 19.2. The summed E-state index contributed by atoms with van der Waals surface area (Å²) in [6.45, 7) is 8.40. The van der Waals surface area contributed by atoms with Crippen LogP contribution in [0, 0.1) is 5.92 Å². The molecule has 0 aliphatic carbocycles. The number of piperidine rings is 1. The molecule has 0 radical (unpaired) electrons. The van der Waals surface area contributed by atoms with Crippen molar-refractivity contribution in [3.05, 3.63) is 46.7 Å². The van der Waals surface area contributed by atoms with E-state index in [0.29, 0.717) is 0 Å². The van der Waals surface area contributed by atoms with Gasteiger partial charge in [-0.1, -0.05) is 18.2 Å². The number of likely N-dealkylation sites (tertiary alicyclic amines) is 1. The molecule has 176 valence electrons. The number of methoxy groups -OCH3 is 1. The summed E-state index contributed by atoms with van der Waals surface area (Å²) < 4.78 is 5.54. The highest BCUT2D eigenvalue weighted by Crippen LogP contribution is 2.28. The zero-order valence-corrected chi connectivity index (χ0v) is 22.4. The third-order valence-corrected chi connectivity index (χ3v) is 7.29. The predicted octanol–water partition coefficient (Wildman–Crippen LogP) is 3.98. The van der Waals surface area contributed by atoms with Gasteiger partial charge in [0.25, 0.3) is 0 Å². The molecule has 4 rings (SSSR count). The van der Waals surface area contributed by atoms with Gasteiger partial charge in [-0.15, -0.1) is 35.3 Å². The predicted molar refractivity (Wildman–Crippen MR) is 146 cm³/mol. The van der Waals surface area contributed by atoms with E-state index in [1.54, 1.807) is 7.11 Å². The molecule has 1 aromatic heterocycles. The largest absolute Gasteiger partial charge is 0.495 e. The molecule has 0 bridgehead atoms. The molecule has 32 heavy (non-hydrogen) atoms. The minimum atomic E-state index is 0. The normalized spacial score (nSPS) is 18.4. The lowest BCUT2D eigenvalue weighted by molar-refractivity contribution is 0.178. The second-order valence-electron chi connectivity index (χ2n) is 8.37. The molecule has 2 fully saturated rings. The SMILES string of the molecule is CN=C(NCC1CCN(Cc2cccs2)CC1)N1CCN(c2ccccc2OC)CC1.I. The average Bonchev–Trinajstić information content (AvgIpc) is 3.34. The van der Waals surface area contributed by atoms with Crippen molar-refractivity contribution in [2.24, 2.45) is 10.9 Å². The molecule has 0 unspecified atom stereocenters. The van der Waals surface area contributed by atoms with Gasteiger partial charge in [0.15, 0.2) is 5.96 Å². The summed E-state index contributed by atoms with van der Waals surface area (Å²) in [5.74, 6) is 2.72. The van der Waals surface area contributed by atoms with Crippen LogP contribution in [0.25, 0.3) is 0 Å². The zero-order chi connectivity index (χ0) is 21.5. The van der Waals surface area contributed by atoms with Crippen molar-refractivity contribution in [1.82, 2.24) is 15.1 Å². The summed E-state index contributed by atoms with van der Waals surface area (Å²) in [5, 5.41) is 5.84. The fourth-order valence-electron chi connectivity index (χ4n) is 4.59. The van der Waals surface area contributed by atoms with E-state index < -0.39 is 0 Å². The Morgan fingerprint density at radius 2 is 1.81 bits per heavy atom. The van der Waals surface area contributed by atoms with Gasteiger partial charge >= 0.3 is 0 Å². The highest BCUT2D eigenvalue weighted by atomic mass is 127. The Hall–Kier alpha value is -1.52. The molecule has 0 atom stereocenters. The highest BCUT2D eigenvalue weighted by Gasteiger charge is 2.23. The van der Waals surface area contributed by atoms with E-state index in [1.165, 1.54) is 36.5 Å². The van der Waals surface area contributed by atoms with Gasteiger partial charge < -0.3 is 19.9 Å². The van der Waals surface area contributed by atoms with Crippen molar-refractivity contribution in [2.75, 3.05) is 64.9 Å². The van der Waals surface area contributed by atoms with E-state index in [1.807, 2.05) is 30.5 Å². The average molecular weight is 570 g/mol. The third-order valence-electron chi connectivity index (χ3n) is 6.43. The molecule has 2 aliphatic rings. The number of halogens is 1. The monoisotopic (exact) mass is 569 g/mol. The van der Waals surface area contributed by atoms with E-state index in [4.69, 9.17) is 4.74 Å². The second kappa shape index (κ2) is 12.6. The summed E-state index contributed by atoms with van der Waals surface area (Å²) in [4.78, 5) is 13.4. The Bertz CT molecular complexity index is 831. The number of nitrogens with zero attached hydrogens (tertiary/aromatic N) is 4. The number of piperazine rings is 1. The van der Waals surface area contributed by atoms with Gasteiger partial charge in [-0.05, 0) is 55.4 Å². The third kappa shape index (κ3) is 6.51. The van der Waals surface area contributed by atoms with Crippen molar-refractivity contribution in [3.63, 3.8) is 0 Å². The Balaban J connectivity index is 0.00000289. The number of aliphatic imine (C=N–C) groups is 1. The van der Waals surface area contributed by atoms with Gasteiger partial charge in [0.2, 0.25) is 0 Å². The molecule has 0 amide bonds. The summed E-state index contributed by atoms with van der Waals surface area (Å²) in [7, 11) is 3.64. The number of benzene rings is 1. The van der Waals surface area contributed by atoms with Crippen molar-refractivity contribution in [1.29, 1.82) is 0 Å². The first-order chi connectivity index (χ1) is 15.3. The molecule has 8 heteroatoms. The van der Waals surface area contributed by atoms with E-state index in [-0.39, 0.29) is 24.0 Å². The Labute approximate surface area is 213 Å². The maximum Gasteiger partial charge on any atom is 0.193 e. The molecule has 0 saturated carbocycles. The first-order valence-electron chi connectivity index (χ1n) is 11.3. The van der Waals surface area contributed by atoms with Crippen molar-refractivity contribution in [3.8, 4) is 5.75 Å². The molecule has 6 nitrogen and oxygen atoms in total. The van der Waals surface area contributed by atoms with E-state index in [0.717, 1.165) is 56.9 Å². The number of anilines is 1. The van der Waals surface area contributed by atoms with Gasteiger partial charge in [-0.2, -0.15) is 0 Å². The summed E-state index contributed by atoms with van der Waals surface area (Å²) in [6.07, 6.45) is 2.52. The van der Waals surface area contributed by atoms with Crippen LogP contribution in [-0.4, -0.2) is 75.7 Å². The molecular weight excluding hydrogens is 533 g/mol. The van der Waals surface area contributed by atoms with Crippen LogP contribution in [0.2, 0.25) is 0 Å². The summed E-state index contributed by atoms with van der Waals surface area (Å²) in [6, 6.07) is 12.7. The molecule has 0 spiro atoms. The smallest absolute Gasteiger partial charge is 0.193 e. The van der Waals surface area contributed by atoms with Crippen LogP contribution in [0.3, 0.4) is 0 Å². The number of nitrogens with one attached hydrogen (secondary N) is 1. The van der Waals surface area contributed by atoms with Crippen LogP contribution < -0.4 is 15.0 Å². The molecular formula is C24H36IN5OS. The van der Waals surface area contributed by atoms with Gasteiger partial charge in [-0.3, -0.25) is 9.89 Å². The second-order valence-corrected chi connectivity index (χ2v) is 9.41. The van der Waals surface area contributed by atoms with Crippen molar-refractivity contribution >= 4 is 47.0 Å². The van der Waals surface area contributed by atoms with Gasteiger partial charge in [0, 0.05) is 51.2 Å². The van der Waals surface area contributed by atoms with Gasteiger partial charge in [-0.25, -0.2) is 0 Å². The Morgan fingerprint density at radius 1 is 1.06 bits per heavy atom. The minimum absolute atomic E-state index is 0. The molecule has 1 aromatic carbocycles.